The maximum Gasteiger partial charge on any atom is 0.0700 e. The van der Waals surface area contributed by atoms with Gasteiger partial charge in [0.25, 0.3) is 0 Å². The van der Waals surface area contributed by atoms with E-state index < -0.39 is 0 Å². The van der Waals surface area contributed by atoms with E-state index in [2.05, 4.69) is 4.90 Å². The van der Waals surface area contributed by atoms with Crippen molar-refractivity contribution in [3.05, 3.63) is 0 Å². The predicted octanol–water partition coefficient (Wildman–Crippen LogP) is 0.606. The summed E-state index contributed by atoms with van der Waals surface area (Å²) < 4.78 is 0. The van der Waals surface area contributed by atoms with Crippen molar-refractivity contribution >= 4 is 0 Å². The van der Waals surface area contributed by atoms with Gasteiger partial charge in [-0.15, -0.1) is 0 Å². The number of likely N-dealkylation sites (tertiary alicyclic amines) is 1. The third-order valence-electron chi connectivity index (χ3n) is 3.93. The minimum absolute atomic E-state index is 0.241. The number of piperidine rings is 1. The number of hydrogen-bond donors (Lipinski definition) is 2. The Hall–Kier alpha value is -0.120. The molecule has 1 aliphatic carbocycles. The monoisotopic (exact) mass is 199 g/mol. The highest BCUT2D eigenvalue weighted by Gasteiger charge is 2.42. The molecule has 1 saturated heterocycles. The van der Waals surface area contributed by atoms with Crippen molar-refractivity contribution < 1.29 is 10.2 Å². The van der Waals surface area contributed by atoms with Crippen LogP contribution in [0.1, 0.15) is 32.1 Å². The molecule has 2 atom stereocenters. The molecule has 2 aliphatic rings. The van der Waals surface area contributed by atoms with Crippen LogP contribution in [0.2, 0.25) is 0 Å². The lowest BCUT2D eigenvalue weighted by molar-refractivity contribution is -0.0966. The van der Waals surface area contributed by atoms with Gasteiger partial charge in [-0.05, 0) is 19.3 Å². The van der Waals surface area contributed by atoms with Gasteiger partial charge in [0.1, 0.15) is 0 Å². The number of fused-ring (bicyclic) bond motifs is 1. The van der Waals surface area contributed by atoms with Crippen molar-refractivity contribution in [2.45, 2.75) is 37.7 Å². The molecule has 1 heterocycles. The third-order valence-corrected chi connectivity index (χ3v) is 3.93. The van der Waals surface area contributed by atoms with Crippen LogP contribution in [0.15, 0.2) is 0 Å². The van der Waals surface area contributed by atoms with E-state index in [9.17, 15) is 5.11 Å². The summed E-state index contributed by atoms with van der Waals surface area (Å²) in [6.07, 6.45) is 5.51. The molecular formula is C11H21NO2. The van der Waals surface area contributed by atoms with Crippen LogP contribution in [0.5, 0.6) is 0 Å². The maximum atomic E-state index is 10.4. The van der Waals surface area contributed by atoms with E-state index in [1.54, 1.807) is 0 Å². The van der Waals surface area contributed by atoms with Crippen LogP contribution >= 0.6 is 0 Å². The lowest BCUT2D eigenvalue weighted by atomic mass is 9.71. The number of aliphatic hydroxyl groups excluding tert-OH is 1. The zero-order valence-corrected chi connectivity index (χ0v) is 8.78. The lowest BCUT2D eigenvalue weighted by Crippen LogP contribution is -2.53. The number of β-amino-alcohol motifs (C(OH)–C–C–N with tert-alkyl or cyclic N) is 1. The van der Waals surface area contributed by atoms with Crippen LogP contribution in [0, 0.1) is 5.92 Å². The van der Waals surface area contributed by atoms with E-state index in [4.69, 9.17) is 5.11 Å². The van der Waals surface area contributed by atoms with Crippen molar-refractivity contribution in [3.8, 4) is 0 Å². The Bertz CT molecular complexity index is 198. The molecule has 3 nitrogen and oxygen atoms in total. The van der Waals surface area contributed by atoms with Crippen LogP contribution < -0.4 is 0 Å². The van der Waals surface area contributed by atoms with Gasteiger partial charge in [0.2, 0.25) is 0 Å². The first kappa shape index (κ1) is 10.4. The van der Waals surface area contributed by atoms with Gasteiger partial charge in [-0.25, -0.2) is 0 Å². The minimum Gasteiger partial charge on any atom is -0.395 e. The van der Waals surface area contributed by atoms with Crippen molar-refractivity contribution in [2.24, 2.45) is 5.92 Å². The normalized spacial score (nSPS) is 39.4. The lowest BCUT2D eigenvalue weighted by Gasteiger charge is -2.47. The molecule has 0 aromatic carbocycles. The zero-order valence-electron chi connectivity index (χ0n) is 8.78. The second-order valence-electron chi connectivity index (χ2n) is 4.82. The van der Waals surface area contributed by atoms with Gasteiger partial charge in [-0.1, -0.05) is 12.8 Å². The predicted molar refractivity (Wildman–Crippen MR) is 55.1 cm³/mol. The topological polar surface area (TPSA) is 43.7 Å². The molecule has 82 valence electrons. The number of nitrogens with zero attached hydrogens (tertiary/aromatic N) is 1. The van der Waals surface area contributed by atoms with Crippen molar-refractivity contribution in [1.82, 2.24) is 4.90 Å². The van der Waals surface area contributed by atoms with Crippen molar-refractivity contribution in [3.63, 3.8) is 0 Å². The van der Waals surface area contributed by atoms with Gasteiger partial charge in [-0.2, -0.15) is 0 Å². The molecular weight excluding hydrogens is 178 g/mol. The summed E-state index contributed by atoms with van der Waals surface area (Å²) in [5, 5.41) is 19.3. The Labute approximate surface area is 85.7 Å². The fraction of sp³-hybridized carbons (Fsp3) is 1.00. The van der Waals surface area contributed by atoms with Gasteiger partial charge in [0.05, 0.1) is 12.2 Å². The minimum atomic E-state index is -0.371. The average molecular weight is 199 g/mol. The zero-order chi connectivity index (χ0) is 10.0. The van der Waals surface area contributed by atoms with Gasteiger partial charge in [0, 0.05) is 25.6 Å². The molecule has 2 N–H and O–H groups in total. The Morgan fingerprint density at radius 1 is 1.29 bits per heavy atom. The fourth-order valence-electron chi connectivity index (χ4n) is 2.98. The quantitative estimate of drug-likeness (QED) is 0.684. The molecule has 1 saturated carbocycles. The first-order valence-electron chi connectivity index (χ1n) is 5.80. The first-order valence-corrected chi connectivity index (χ1v) is 5.80. The number of rotatable bonds is 2. The van der Waals surface area contributed by atoms with E-state index >= 15 is 0 Å². The SMILES string of the molecule is OCCN1CCC2(O)CCCCC2C1. The molecule has 0 amide bonds. The smallest absolute Gasteiger partial charge is 0.0700 e. The summed E-state index contributed by atoms with van der Waals surface area (Å²) in [6, 6.07) is 0. The molecule has 2 fully saturated rings. The highest BCUT2D eigenvalue weighted by Crippen LogP contribution is 2.39. The van der Waals surface area contributed by atoms with Crippen molar-refractivity contribution in [1.29, 1.82) is 0 Å². The first-order chi connectivity index (χ1) is 6.74. The summed E-state index contributed by atoms with van der Waals surface area (Å²) in [7, 11) is 0. The Morgan fingerprint density at radius 3 is 2.93 bits per heavy atom. The average Bonchev–Trinajstić information content (AvgIpc) is 2.19. The molecule has 0 bridgehead atoms. The summed E-state index contributed by atoms with van der Waals surface area (Å²) >= 11 is 0. The molecule has 0 aromatic rings. The van der Waals surface area contributed by atoms with Gasteiger partial charge >= 0.3 is 0 Å². The maximum absolute atomic E-state index is 10.4. The van der Waals surface area contributed by atoms with Crippen molar-refractivity contribution in [2.75, 3.05) is 26.2 Å². The van der Waals surface area contributed by atoms with Gasteiger partial charge in [0.15, 0.2) is 0 Å². The van der Waals surface area contributed by atoms with E-state index in [-0.39, 0.29) is 12.2 Å². The largest absolute Gasteiger partial charge is 0.395 e. The molecule has 0 aromatic heterocycles. The molecule has 2 rings (SSSR count). The molecule has 14 heavy (non-hydrogen) atoms. The Balaban J connectivity index is 1.95. The highest BCUT2D eigenvalue weighted by atomic mass is 16.3. The van der Waals surface area contributed by atoms with E-state index in [0.717, 1.165) is 32.5 Å². The summed E-state index contributed by atoms with van der Waals surface area (Å²) in [6.45, 7) is 2.95. The number of hydrogen-bond acceptors (Lipinski definition) is 3. The fourth-order valence-corrected chi connectivity index (χ4v) is 2.98. The molecule has 1 aliphatic heterocycles. The van der Waals surface area contributed by atoms with E-state index in [1.165, 1.54) is 19.3 Å². The van der Waals surface area contributed by atoms with Crippen LogP contribution in [0.3, 0.4) is 0 Å². The second-order valence-corrected chi connectivity index (χ2v) is 4.82. The van der Waals surface area contributed by atoms with Gasteiger partial charge in [-0.3, -0.25) is 0 Å². The number of aliphatic hydroxyl groups is 2. The molecule has 0 spiro atoms. The Morgan fingerprint density at radius 2 is 2.14 bits per heavy atom. The van der Waals surface area contributed by atoms with Crippen LogP contribution in [-0.4, -0.2) is 47.0 Å². The van der Waals surface area contributed by atoms with E-state index in [0.29, 0.717) is 5.92 Å². The van der Waals surface area contributed by atoms with E-state index in [1.807, 2.05) is 0 Å². The standard InChI is InChI=1S/C11H21NO2/c13-8-7-12-6-5-11(14)4-2-1-3-10(11)9-12/h10,13-14H,1-9H2. The van der Waals surface area contributed by atoms with Gasteiger partial charge < -0.3 is 15.1 Å². The molecule has 2 unspecified atom stereocenters. The second kappa shape index (κ2) is 4.17. The third kappa shape index (κ3) is 1.95. The summed E-state index contributed by atoms with van der Waals surface area (Å²) in [5.41, 5.74) is -0.371. The Kier molecular flexibility index (Phi) is 3.10. The van der Waals surface area contributed by atoms with Crippen LogP contribution in [0.4, 0.5) is 0 Å². The van der Waals surface area contributed by atoms with Crippen LogP contribution in [0.25, 0.3) is 0 Å². The summed E-state index contributed by atoms with van der Waals surface area (Å²) in [5.74, 6) is 0.455. The molecule has 0 radical (unpaired) electrons. The highest BCUT2D eigenvalue weighted by molar-refractivity contribution is 4.95. The van der Waals surface area contributed by atoms with Crippen LogP contribution in [-0.2, 0) is 0 Å². The molecule has 3 heteroatoms. The summed E-state index contributed by atoms with van der Waals surface area (Å²) in [4.78, 5) is 2.28.